The van der Waals surface area contributed by atoms with Crippen LogP contribution in [0.25, 0.3) is 0 Å². The molecule has 2 rings (SSSR count). The number of amides is 1. The van der Waals surface area contributed by atoms with E-state index in [4.69, 9.17) is 16.3 Å². The van der Waals surface area contributed by atoms with Crippen LogP contribution in [0.1, 0.15) is 24.1 Å². The molecule has 0 aliphatic heterocycles. The predicted molar refractivity (Wildman–Crippen MR) is 106 cm³/mol. The van der Waals surface area contributed by atoms with Crippen LogP contribution in [0.5, 0.6) is 5.75 Å². The minimum Gasteiger partial charge on any atom is -0.497 e. The second-order valence-electron chi connectivity index (χ2n) is 6.18. The molecule has 0 heterocycles. The van der Waals surface area contributed by atoms with Crippen molar-refractivity contribution in [2.75, 3.05) is 19.9 Å². The van der Waals surface area contributed by atoms with Crippen LogP contribution in [0.15, 0.2) is 48.5 Å². The van der Waals surface area contributed by atoms with Crippen LogP contribution in [0.2, 0.25) is 5.02 Å². The highest BCUT2D eigenvalue weighted by molar-refractivity contribution is 7.88. The zero-order valence-electron chi connectivity index (χ0n) is 15.5. The lowest BCUT2D eigenvalue weighted by Crippen LogP contribution is -2.40. The van der Waals surface area contributed by atoms with E-state index in [0.717, 1.165) is 21.9 Å². The number of nitrogens with zero attached hydrogens (tertiary/aromatic N) is 1. The zero-order chi connectivity index (χ0) is 20.0. The van der Waals surface area contributed by atoms with Gasteiger partial charge in [-0.05, 0) is 36.2 Å². The average molecular weight is 411 g/mol. The van der Waals surface area contributed by atoms with E-state index in [1.165, 1.54) is 0 Å². The summed E-state index contributed by atoms with van der Waals surface area (Å²) in [6.07, 6.45) is 1.07. The molecule has 0 fully saturated rings. The highest BCUT2D eigenvalue weighted by Crippen LogP contribution is 2.19. The number of hydrogen-bond acceptors (Lipinski definition) is 4. The van der Waals surface area contributed by atoms with Gasteiger partial charge >= 0.3 is 0 Å². The van der Waals surface area contributed by atoms with E-state index >= 15 is 0 Å². The number of halogens is 1. The molecule has 1 unspecified atom stereocenters. The van der Waals surface area contributed by atoms with Crippen molar-refractivity contribution >= 4 is 27.5 Å². The number of benzene rings is 2. The van der Waals surface area contributed by atoms with Crippen molar-refractivity contribution in [2.24, 2.45) is 0 Å². The molecule has 8 heteroatoms. The smallest absolute Gasteiger partial charge is 0.235 e. The molecule has 0 aliphatic carbocycles. The molecule has 0 spiro atoms. The van der Waals surface area contributed by atoms with Crippen molar-refractivity contribution < 1.29 is 17.9 Å². The fourth-order valence-corrected chi connectivity index (χ4v) is 3.45. The summed E-state index contributed by atoms with van der Waals surface area (Å²) in [6.45, 7) is 1.58. The number of nitrogens with one attached hydrogen (secondary N) is 1. The molecule has 1 atom stereocenters. The van der Waals surface area contributed by atoms with E-state index in [2.05, 4.69) is 5.32 Å². The van der Waals surface area contributed by atoms with Crippen molar-refractivity contribution in [1.82, 2.24) is 9.62 Å². The Balaban J connectivity index is 2.06. The highest BCUT2D eigenvalue weighted by Gasteiger charge is 2.22. The van der Waals surface area contributed by atoms with Crippen LogP contribution in [-0.2, 0) is 21.4 Å². The highest BCUT2D eigenvalue weighted by atomic mass is 35.5. The van der Waals surface area contributed by atoms with E-state index < -0.39 is 15.9 Å². The molecule has 0 radical (unpaired) electrons. The van der Waals surface area contributed by atoms with Gasteiger partial charge in [0.15, 0.2) is 0 Å². The number of carbonyl (C=O) groups is 1. The average Bonchev–Trinajstić information content (AvgIpc) is 2.62. The van der Waals surface area contributed by atoms with Gasteiger partial charge in [0.05, 0.1) is 26.0 Å². The first-order valence-electron chi connectivity index (χ1n) is 8.32. The fourth-order valence-electron chi connectivity index (χ4n) is 2.53. The zero-order valence-corrected chi connectivity index (χ0v) is 17.0. The molecule has 27 heavy (non-hydrogen) atoms. The standard InChI is InChI=1S/C19H23ClN2O4S/c1-14(15-8-10-17(26-2)11-9-15)21-19(23)13-22(27(3,24)25)12-16-6-4-5-7-18(16)20/h4-11,14H,12-13H2,1-3H3,(H,21,23). The third-order valence-electron chi connectivity index (χ3n) is 4.09. The van der Waals surface area contributed by atoms with Crippen molar-refractivity contribution in [3.63, 3.8) is 0 Å². The number of ether oxygens (including phenoxy) is 1. The summed E-state index contributed by atoms with van der Waals surface area (Å²) < 4.78 is 30.4. The molecule has 1 N–H and O–H groups in total. The Hall–Kier alpha value is -2.09. The molecule has 2 aromatic carbocycles. The van der Waals surface area contributed by atoms with E-state index in [0.29, 0.717) is 10.6 Å². The van der Waals surface area contributed by atoms with Gasteiger partial charge < -0.3 is 10.1 Å². The van der Waals surface area contributed by atoms with E-state index in [-0.39, 0.29) is 19.1 Å². The summed E-state index contributed by atoms with van der Waals surface area (Å²) in [6, 6.07) is 14.0. The summed E-state index contributed by atoms with van der Waals surface area (Å²) in [5.74, 6) is 0.330. The Morgan fingerprint density at radius 2 is 1.81 bits per heavy atom. The van der Waals surface area contributed by atoms with Crippen molar-refractivity contribution in [1.29, 1.82) is 0 Å². The van der Waals surface area contributed by atoms with Crippen LogP contribution in [0.4, 0.5) is 0 Å². The molecule has 0 aromatic heterocycles. The van der Waals surface area contributed by atoms with Gasteiger partial charge in [0, 0.05) is 11.6 Å². The topological polar surface area (TPSA) is 75.7 Å². The molecule has 0 saturated heterocycles. The van der Waals surface area contributed by atoms with Gasteiger partial charge in [0.1, 0.15) is 5.75 Å². The molecule has 1 amide bonds. The normalized spacial score (nSPS) is 12.6. The van der Waals surface area contributed by atoms with Crippen LogP contribution in [0.3, 0.4) is 0 Å². The lowest BCUT2D eigenvalue weighted by atomic mass is 10.1. The van der Waals surface area contributed by atoms with Gasteiger partial charge in [-0.15, -0.1) is 0 Å². The quantitative estimate of drug-likeness (QED) is 0.725. The van der Waals surface area contributed by atoms with E-state index in [1.54, 1.807) is 43.5 Å². The van der Waals surface area contributed by atoms with Crippen molar-refractivity contribution in [3.8, 4) is 5.75 Å². The van der Waals surface area contributed by atoms with Crippen molar-refractivity contribution in [3.05, 3.63) is 64.7 Å². The maximum absolute atomic E-state index is 12.4. The van der Waals surface area contributed by atoms with E-state index in [9.17, 15) is 13.2 Å². The summed E-state index contributed by atoms with van der Waals surface area (Å²) in [7, 11) is -2.00. The third-order valence-corrected chi connectivity index (χ3v) is 5.65. The number of carbonyl (C=O) groups excluding carboxylic acids is 1. The molecule has 2 aromatic rings. The Morgan fingerprint density at radius 1 is 1.19 bits per heavy atom. The van der Waals surface area contributed by atoms with Gasteiger partial charge in [-0.2, -0.15) is 4.31 Å². The maximum atomic E-state index is 12.4. The minimum atomic E-state index is -3.59. The molecular weight excluding hydrogens is 388 g/mol. The van der Waals surface area contributed by atoms with Crippen LogP contribution >= 0.6 is 11.6 Å². The lowest BCUT2D eigenvalue weighted by molar-refractivity contribution is -0.122. The second-order valence-corrected chi connectivity index (χ2v) is 8.57. The summed E-state index contributed by atoms with van der Waals surface area (Å²) in [5.41, 5.74) is 1.53. The van der Waals surface area contributed by atoms with Crippen LogP contribution in [-0.4, -0.2) is 38.5 Å². The van der Waals surface area contributed by atoms with Crippen molar-refractivity contribution in [2.45, 2.75) is 19.5 Å². The minimum absolute atomic E-state index is 0.0306. The number of sulfonamides is 1. The first-order valence-corrected chi connectivity index (χ1v) is 10.5. The third kappa shape index (κ3) is 6.23. The molecule has 6 nitrogen and oxygen atoms in total. The second kappa shape index (κ2) is 9.21. The summed E-state index contributed by atoms with van der Waals surface area (Å²) >= 11 is 6.11. The number of methoxy groups -OCH3 is 1. The van der Waals surface area contributed by atoms with Gasteiger partial charge in [-0.1, -0.05) is 41.9 Å². The SMILES string of the molecule is COc1ccc(C(C)NC(=O)CN(Cc2ccccc2Cl)S(C)(=O)=O)cc1. The molecule has 0 bridgehead atoms. The molecule has 0 saturated carbocycles. The first-order chi connectivity index (χ1) is 12.7. The Labute approximate surface area is 165 Å². The molecule has 146 valence electrons. The lowest BCUT2D eigenvalue weighted by Gasteiger charge is -2.22. The Morgan fingerprint density at radius 3 is 2.37 bits per heavy atom. The van der Waals surface area contributed by atoms with Gasteiger partial charge in [-0.25, -0.2) is 8.42 Å². The van der Waals surface area contributed by atoms with Gasteiger partial charge in [0.2, 0.25) is 15.9 Å². The number of hydrogen-bond donors (Lipinski definition) is 1. The monoisotopic (exact) mass is 410 g/mol. The summed E-state index contributed by atoms with van der Waals surface area (Å²) in [5, 5.41) is 3.27. The van der Waals surface area contributed by atoms with E-state index in [1.807, 2.05) is 19.1 Å². The largest absolute Gasteiger partial charge is 0.497 e. The predicted octanol–water partition coefficient (Wildman–Crippen LogP) is 2.99. The Bertz CT molecular complexity index is 885. The fraction of sp³-hybridized carbons (Fsp3) is 0.316. The molecular formula is C19H23ClN2O4S. The van der Waals surface area contributed by atoms with Gasteiger partial charge in [-0.3, -0.25) is 4.79 Å². The van der Waals surface area contributed by atoms with Crippen LogP contribution in [0, 0.1) is 0 Å². The Kier molecular flexibility index (Phi) is 7.24. The first kappa shape index (κ1) is 21.2. The maximum Gasteiger partial charge on any atom is 0.235 e. The summed E-state index contributed by atoms with van der Waals surface area (Å²) in [4.78, 5) is 12.4. The molecule has 0 aliphatic rings. The van der Waals surface area contributed by atoms with Crippen LogP contribution < -0.4 is 10.1 Å². The van der Waals surface area contributed by atoms with Gasteiger partial charge in [0.25, 0.3) is 0 Å². The number of rotatable bonds is 8.